The molecule has 12 heavy (non-hydrogen) atoms. The van der Waals surface area contributed by atoms with Crippen LogP contribution in [0.15, 0.2) is 34.5 Å². The van der Waals surface area contributed by atoms with E-state index in [1.807, 2.05) is 24.3 Å². The Labute approximate surface area is 75.4 Å². The molecule has 0 saturated carbocycles. The smallest absolute Gasteiger partial charge is 0.177 e. The fraction of sp³-hybridized carbons (Fsp3) is 0. The molecule has 0 amide bonds. The lowest BCUT2D eigenvalue weighted by atomic mass is 10.3. The molecule has 1 aromatic carbocycles. The molecule has 0 aliphatic rings. The van der Waals surface area contributed by atoms with Gasteiger partial charge in [0.2, 0.25) is 0 Å². The van der Waals surface area contributed by atoms with Crippen molar-refractivity contribution < 1.29 is 8.42 Å². The zero-order valence-electron chi connectivity index (χ0n) is 6.06. The van der Waals surface area contributed by atoms with Gasteiger partial charge in [-0.25, -0.2) is 8.42 Å². The number of hydrogen-bond donors (Lipinski definition) is 1. The first-order chi connectivity index (χ1) is 5.77. The van der Waals surface area contributed by atoms with Crippen LogP contribution in [0, 0.1) is 0 Å². The van der Waals surface area contributed by atoms with Crippen molar-refractivity contribution in [3.05, 3.63) is 30.3 Å². The highest BCUT2D eigenvalue weighted by molar-refractivity contribution is 7.75. The first kappa shape index (κ1) is 7.76. The van der Waals surface area contributed by atoms with Crippen molar-refractivity contribution in [3.63, 3.8) is 0 Å². The van der Waals surface area contributed by atoms with E-state index in [0.717, 1.165) is 10.1 Å². The molecule has 0 atom stereocenters. The van der Waals surface area contributed by atoms with Crippen molar-refractivity contribution in [3.8, 4) is 0 Å². The standard InChI is InChI=1S/C8H6O2S2/c9-12(10)8-5-6-3-1-2-4-7(6)11-8/h1-5,12H. The van der Waals surface area contributed by atoms with Crippen molar-refractivity contribution in [2.45, 2.75) is 4.21 Å². The molecule has 2 rings (SSSR count). The molecule has 1 aromatic heterocycles. The summed E-state index contributed by atoms with van der Waals surface area (Å²) in [4.78, 5) is 0. The van der Waals surface area contributed by atoms with Crippen LogP contribution in [0.2, 0.25) is 0 Å². The van der Waals surface area contributed by atoms with Gasteiger partial charge < -0.3 is 0 Å². The van der Waals surface area contributed by atoms with Crippen LogP contribution >= 0.6 is 11.3 Å². The van der Waals surface area contributed by atoms with E-state index in [2.05, 4.69) is 0 Å². The van der Waals surface area contributed by atoms with Gasteiger partial charge in [0.25, 0.3) is 0 Å². The molecule has 0 radical (unpaired) electrons. The summed E-state index contributed by atoms with van der Waals surface area (Å²) in [5, 5.41) is 0.997. The minimum Gasteiger partial charge on any atom is -0.226 e. The topological polar surface area (TPSA) is 34.1 Å². The SMILES string of the molecule is O=[SH](=O)c1cc2ccccc2s1. The van der Waals surface area contributed by atoms with Gasteiger partial charge >= 0.3 is 0 Å². The van der Waals surface area contributed by atoms with Gasteiger partial charge in [0, 0.05) is 4.70 Å². The van der Waals surface area contributed by atoms with Gasteiger partial charge in [-0.1, -0.05) is 18.2 Å². The van der Waals surface area contributed by atoms with Crippen LogP contribution in [0.4, 0.5) is 0 Å². The van der Waals surface area contributed by atoms with E-state index in [1.165, 1.54) is 11.3 Å². The summed E-state index contributed by atoms with van der Waals surface area (Å²) in [6.45, 7) is 0. The highest BCUT2D eigenvalue weighted by Gasteiger charge is 2.01. The van der Waals surface area contributed by atoms with Crippen molar-refractivity contribution in [2.75, 3.05) is 0 Å². The summed E-state index contributed by atoms with van der Waals surface area (Å²) in [5.41, 5.74) is 0. The van der Waals surface area contributed by atoms with Gasteiger partial charge in [-0.3, -0.25) is 0 Å². The molecule has 62 valence electrons. The zero-order chi connectivity index (χ0) is 8.55. The molecule has 0 N–H and O–H groups in total. The Hall–Kier alpha value is -0.870. The number of rotatable bonds is 1. The van der Waals surface area contributed by atoms with Crippen molar-refractivity contribution in [2.24, 2.45) is 0 Å². The van der Waals surface area contributed by atoms with Crippen molar-refractivity contribution in [1.29, 1.82) is 0 Å². The second-order valence-corrected chi connectivity index (χ2v) is 4.76. The fourth-order valence-electron chi connectivity index (χ4n) is 1.06. The van der Waals surface area contributed by atoms with E-state index in [4.69, 9.17) is 0 Å². The highest BCUT2D eigenvalue weighted by atomic mass is 32.2. The quantitative estimate of drug-likeness (QED) is 0.710. The Morgan fingerprint density at radius 3 is 2.58 bits per heavy atom. The predicted molar refractivity (Wildman–Crippen MR) is 50.4 cm³/mol. The second-order valence-electron chi connectivity index (χ2n) is 2.38. The molecular formula is C8H6O2S2. The third-order valence-corrected chi connectivity index (χ3v) is 3.72. The minimum atomic E-state index is -2.42. The number of hydrogen-bond acceptors (Lipinski definition) is 3. The van der Waals surface area contributed by atoms with Crippen molar-refractivity contribution in [1.82, 2.24) is 0 Å². The monoisotopic (exact) mass is 198 g/mol. The van der Waals surface area contributed by atoms with Crippen LogP contribution in [-0.2, 0) is 10.7 Å². The van der Waals surface area contributed by atoms with Crippen LogP contribution in [0.5, 0.6) is 0 Å². The highest BCUT2D eigenvalue weighted by Crippen LogP contribution is 2.25. The van der Waals surface area contributed by atoms with Crippen LogP contribution < -0.4 is 0 Å². The number of benzene rings is 1. The fourth-order valence-corrected chi connectivity index (χ4v) is 2.70. The molecule has 0 aliphatic heterocycles. The normalized spacial score (nSPS) is 11.1. The largest absolute Gasteiger partial charge is 0.226 e. The van der Waals surface area contributed by atoms with Gasteiger partial charge in [-0.15, -0.1) is 11.3 Å². The number of thiophene rings is 1. The third-order valence-electron chi connectivity index (χ3n) is 1.59. The van der Waals surface area contributed by atoms with Crippen LogP contribution in [0.1, 0.15) is 0 Å². The first-order valence-electron chi connectivity index (χ1n) is 3.40. The molecule has 1 heterocycles. The molecule has 2 nitrogen and oxygen atoms in total. The Kier molecular flexibility index (Phi) is 1.86. The van der Waals surface area contributed by atoms with Gasteiger partial charge in [-0.05, 0) is 17.5 Å². The van der Waals surface area contributed by atoms with Crippen LogP contribution in [0.25, 0.3) is 10.1 Å². The zero-order valence-corrected chi connectivity index (χ0v) is 7.77. The van der Waals surface area contributed by atoms with E-state index in [1.54, 1.807) is 6.07 Å². The average molecular weight is 198 g/mol. The summed E-state index contributed by atoms with van der Waals surface area (Å²) < 4.78 is 22.7. The van der Waals surface area contributed by atoms with Gasteiger partial charge in [0.1, 0.15) is 4.21 Å². The minimum absolute atomic E-state index is 0.436. The van der Waals surface area contributed by atoms with E-state index >= 15 is 0 Å². The molecule has 0 spiro atoms. The molecular weight excluding hydrogens is 192 g/mol. The Morgan fingerprint density at radius 2 is 1.92 bits per heavy atom. The summed E-state index contributed by atoms with van der Waals surface area (Å²) in [6, 6.07) is 9.33. The van der Waals surface area contributed by atoms with Gasteiger partial charge in [0.15, 0.2) is 10.7 Å². The Balaban J connectivity index is 2.78. The maximum Gasteiger partial charge on any atom is 0.177 e. The summed E-state index contributed by atoms with van der Waals surface area (Å²) in [7, 11) is -2.42. The van der Waals surface area contributed by atoms with E-state index < -0.39 is 10.7 Å². The van der Waals surface area contributed by atoms with Gasteiger partial charge in [0.05, 0.1) is 0 Å². The lowest BCUT2D eigenvalue weighted by molar-refractivity contribution is 0.616. The van der Waals surface area contributed by atoms with E-state index in [-0.39, 0.29) is 0 Å². The lowest BCUT2D eigenvalue weighted by Crippen LogP contribution is -1.67. The van der Waals surface area contributed by atoms with E-state index in [9.17, 15) is 8.42 Å². The maximum atomic E-state index is 10.6. The number of thiol groups is 1. The molecule has 0 fully saturated rings. The van der Waals surface area contributed by atoms with E-state index in [0.29, 0.717) is 4.21 Å². The molecule has 0 unspecified atom stereocenters. The molecule has 0 saturated heterocycles. The molecule has 2 aromatic rings. The number of fused-ring (bicyclic) bond motifs is 1. The Bertz CT molecular complexity index is 442. The molecule has 4 heteroatoms. The Morgan fingerprint density at radius 1 is 1.17 bits per heavy atom. The van der Waals surface area contributed by atoms with Crippen LogP contribution in [0.3, 0.4) is 0 Å². The molecule has 0 aliphatic carbocycles. The summed E-state index contributed by atoms with van der Waals surface area (Å²) in [6.07, 6.45) is 0. The average Bonchev–Trinajstić information content (AvgIpc) is 2.46. The third kappa shape index (κ3) is 1.23. The predicted octanol–water partition coefficient (Wildman–Crippen LogP) is 1.87. The summed E-state index contributed by atoms with van der Waals surface area (Å²) >= 11 is 1.31. The first-order valence-corrected chi connectivity index (χ1v) is 5.40. The maximum absolute atomic E-state index is 10.6. The second kappa shape index (κ2) is 2.88. The van der Waals surface area contributed by atoms with Crippen LogP contribution in [-0.4, -0.2) is 8.42 Å². The van der Waals surface area contributed by atoms with Crippen molar-refractivity contribution >= 4 is 32.1 Å². The summed E-state index contributed by atoms with van der Waals surface area (Å²) in [5.74, 6) is 0. The lowest BCUT2D eigenvalue weighted by Gasteiger charge is -1.82. The van der Waals surface area contributed by atoms with Gasteiger partial charge in [-0.2, -0.15) is 0 Å². The molecule has 0 bridgehead atoms.